The van der Waals surface area contributed by atoms with Crippen molar-refractivity contribution in [3.8, 4) is 11.5 Å². The fraction of sp³-hybridized carbons (Fsp3) is 0.321. The van der Waals surface area contributed by atoms with E-state index in [4.69, 9.17) is 14.2 Å². The maximum absolute atomic E-state index is 12.9. The first-order valence-corrected chi connectivity index (χ1v) is 11.8. The number of halogens is 1. The van der Waals surface area contributed by atoms with E-state index in [0.29, 0.717) is 49.8 Å². The average Bonchev–Trinajstić information content (AvgIpc) is 2.88. The molecule has 0 radical (unpaired) electrons. The van der Waals surface area contributed by atoms with Crippen molar-refractivity contribution in [3.63, 3.8) is 0 Å². The summed E-state index contributed by atoms with van der Waals surface area (Å²) in [4.78, 5) is 11.1. The second-order valence-electron chi connectivity index (χ2n) is 8.26. The van der Waals surface area contributed by atoms with Crippen molar-refractivity contribution in [2.24, 2.45) is 0 Å². The second-order valence-corrected chi connectivity index (χ2v) is 8.26. The molecule has 0 spiro atoms. The van der Waals surface area contributed by atoms with Gasteiger partial charge >= 0.3 is 5.97 Å². The van der Waals surface area contributed by atoms with Crippen LogP contribution in [0.15, 0.2) is 66.7 Å². The largest absolute Gasteiger partial charge is 0.491 e. The standard InChI is InChI=1S/C28H32FNO6/c1-20(32)36-28-11-6-23(16-24(28)18-31)27(33)17-30-13-12-21-4-9-26(10-5-21)35-15-14-34-19-22-2-7-25(29)8-3-22/h2-11,16,27,30-31,33H,12-15,17-19H2,1H3/t27-/m0/s1. The van der Waals surface area contributed by atoms with Gasteiger partial charge in [-0.05, 0) is 66.1 Å². The summed E-state index contributed by atoms with van der Waals surface area (Å²) in [6.45, 7) is 3.27. The molecule has 0 aliphatic rings. The van der Waals surface area contributed by atoms with Crippen molar-refractivity contribution in [2.45, 2.75) is 32.7 Å². The summed E-state index contributed by atoms with van der Waals surface area (Å²) in [5.41, 5.74) is 3.12. The number of esters is 1. The Morgan fingerprint density at radius 2 is 1.72 bits per heavy atom. The van der Waals surface area contributed by atoms with Crippen LogP contribution >= 0.6 is 0 Å². The smallest absolute Gasteiger partial charge is 0.308 e. The molecule has 0 saturated carbocycles. The number of aliphatic hydroxyl groups is 2. The molecule has 0 aliphatic heterocycles. The Labute approximate surface area is 210 Å². The van der Waals surface area contributed by atoms with Crippen molar-refractivity contribution in [3.05, 3.63) is 94.8 Å². The Morgan fingerprint density at radius 3 is 2.42 bits per heavy atom. The van der Waals surface area contributed by atoms with E-state index >= 15 is 0 Å². The van der Waals surface area contributed by atoms with E-state index in [1.807, 2.05) is 24.3 Å². The lowest BCUT2D eigenvalue weighted by atomic mass is 10.0. The highest BCUT2D eigenvalue weighted by atomic mass is 19.1. The molecule has 3 rings (SSSR count). The molecule has 0 heterocycles. The number of hydrogen-bond donors (Lipinski definition) is 3. The molecule has 0 aliphatic carbocycles. The molecule has 1 atom stereocenters. The average molecular weight is 498 g/mol. The Balaban J connectivity index is 1.33. The van der Waals surface area contributed by atoms with Crippen molar-refractivity contribution >= 4 is 5.97 Å². The van der Waals surface area contributed by atoms with Crippen LogP contribution in [-0.2, 0) is 29.2 Å². The minimum atomic E-state index is -0.761. The SMILES string of the molecule is CC(=O)Oc1ccc([C@@H](O)CNCCc2ccc(OCCOCc3ccc(F)cc3)cc2)cc1CO. The number of hydrogen-bond acceptors (Lipinski definition) is 7. The number of carbonyl (C=O) groups is 1. The van der Waals surface area contributed by atoms with Gasteiger partial charge in [0, 0.05) is 19.0 Å². The molecular weight excluding hydrogens is 465 g/mol. The van der Waals surface area contributed by atoms with Crippen LogP contribution in [0.1, 0.15) is 35.3 Å². The summed E-state index contributed by atoms with van der Waals surface area (Å²) in [5, 5.41) is 23.2. The fourth-order valence-electron chi connectivity index (χ4n) is 3.52. The summed E-state index contributed by atoms with van der Waals surface area (Å²) in [6, 6.07) is 18.9. The number of carbonyl (C=O) groups excluding carboxylic acids is 1. The van der Waals surface area contributed by atoms with Crippen LogP contribution in [0.4, 0.5) is 4.39 Å². The highest BCUT2D eigenvalue weighted by Crippen LogP contribution is 2.24. The predicted molar refractivity (Wildman–Crippen MR) is 133 cm³/mol. The van der Waals surface area contributed by atoms with Crippen molar-refractivity contribution in [1.29, 1.82) is 0 Å². The van der Waals surface area contributed by atoms with Crippen molar-refractivity contribution in [2.75, 3.05) is 26.3 Å². The van der Waals surface area contributed by atoms with Crippen LogP contribution in [0.3, 0.4) is 0 Å². The van der Waals surface area contributed by atoms with E-state index in [-0.39, 0.29) is 12.4 Å². The first kappa shape index (κ1) is 27.3. The molecule has 192 valence electrons. The molecule has 0 amide bonds. The van der Waals surface area contributed by atoms with Gasteiger partial charge in [0.15, 0.2) is 0 Å². The summed E-state index contributed by atoms with van der Waals surface area (Å²) in [6.07, 6.45) is 0.0175. The Morgan fingerprint density at radius 1 is 1.00 bits per heavy atom. The Hall–Kier alpha value is -3.30. The van der Waals surface area contributed by atoms with E-state index in [1.54, 1.807) is 30.3 Å². The molecule has 7 nitrogen and oxygen atoms in total. The molecule has 0 aromatic heterocycles. The lowest BCUT2D eigenvalue weighted by Crippen LogP contribution is -2.24. The van der Waals surface area contributed by atoms with Gasteiger partial charge in [0.05, 0.1) is 25.9 Å². The van der Waals surface area contributed by atoms with Crippen LogP contribution in [-0.4, -0.2) is 42.5 Å². The van der Waals surface area contributed by atoms with Crippen LogP contribution < -0.4 is 14.8 Å². The van der Waals surface area contributed by atoms with Gasteiger partial charge < -0.3 is 29.7 Å². The minimum absolute atomic E-state index is 0.263. The number of benzene rings is 3. The molecular formula is C28H32FNO6. The van der Waals surface area contributed by atoms with Gasteiger partial charge in [-0.3, -0.25) is 4.79 Å². The third-order valence-corrected chi connectivity index (χ3v) is 5.42. The Kier molecular flexibility index (Phi) is 10.8. The molecule has 0 saturated heterocycles. The zero-order valence-corrected chi connectivity index (χ0v) is 20.3. The van der Waals surface area contributed by atoms with Gasteiger partial charge in [-0.15, -0.1) is 0 Å². The monoisotopic (exact) mass is 497 g/mol. The van der Waals surface area contributed by atoms with Gasteiger partial charge in [0.2, 0.25) is 0 Å². The Bertz CT molecular complexity index is 1090. The van der Waals surface area contributed by atoms with Gasteiger partial charge in [-0.1, -0.05) is 30.3 Å². The fourth-order valence-corrected chi connectivity index (χ4v) is 3.52. The van der Waals surface area contributed by atoms with Crippen LogP contribution in [0, 0.1) is 5.82 Å². The molecule has 0 fully saturated rings. The normalized spacial score (nSPS) is 11.8. The van der Waals surface area contributed by atoms with Gasteiger partial charge in [0.25, 0.3) is 0 Å². The van der Waals surface area contributed by atoms with E-state index in [9.17, 15) is 19.4 Å². The van der Waals surface area contributed by atoms with Crippen LogP contribution in [0.2, 0.25) is 0 Å². The summed E-state index contributed by atoms with van der Waals surface area (Å²) < 4.78 is 29.2. The first-order valence-electron chi connectivity index (χ1n) is 11.8. The molecule has 3 N–H and O–H groups in total. The molecule has 36 heavy (non-hydrogen) atoms. The number of ether oxygens (including phenoxy) is 3. The predicted octanol–water partition coefficient (Wildman–Crippen LogP) is 3.70. The molecule has 8 heteroatoms. The second kappa shape index (κ2) is 14.3. The van der Waals surface area contributed by atoms with Gasteiger partial charge in [0.1, 0.15) is 23.9 Å². The summed E-state index contributed by atoms with van der Waals surface area (Å²) in [5.74, 6) is 0.315. The van der Waals surface area contributed by atoms with Gasteiger partial charge in [-0.2, -0.15) is 0 Å². The highest BCUT2D eigenvalue weighted by Gasteiger charge is 2.12. The van der Waals surface area contributed by atoms with Gasteiger partial charge in [-0.25, -0.2) is 4.39 Å². The molecule has 3 aromatic carbocycles. The van der Waals surface area contributed by atoms with Crippen LogP contribution in [0.5, 0.6) is 11.5 Å². The van der Waals surface area contributed by atoms with E-state index in [2.05, 4.69) is 5.32 Å². The van der Waals surface area contributed by atoms with Crippen LogP contribution in [0.25, 0.3) is 0 Å². The maximum Gasteiger partial charge on any atom is 0.308 e. The number of rotatable bonds is 14. The lowest BCUT2D eigenvalue weighted by Gasteiger charge is -2.15. The number of nitrogens with one attached hydrogen (secondary N) is 1. The third kappa shape index (κ3) is 9.05. The van der Waals surface area contributed by atoms with E-state index in [1.165, 1.54) is 19.1 Å². The van der Waals surface area contributed by atoms with E-state index in [0.717, 1.165) is 23.3 Å². The maximum atomic E-state index is 12.9. The minimum Gasteiger partial charge on any atom is -0.491 e. The van der Waals surface area contributed by atoms with Crippen molar-refractivity contribution < 1.29 is 33.6 Å². The van der Waals surface area contributed by atoms with Crippen molar-refractivity contribution in [1.82, 2.24) is 5.32 Å². The zero-order valence-electron chi connectivity index (χ0n) is 20.3. The molecule has 3 aromatic rings. The third-order valence-electron chi connectivity index (χ3n) is 5.42. The topological polar surface area (TPSA) is 97.3 Å². The zero-order chi connectivity index (χ0) is 25.8. The summed E-state index contributed by atoms with van der Waals surface area (Å²) >= 11 is 0. The molecule has 0 unspecified atom stereocenters. The quantitative estimate of drug-likeness (QED) is 0.178. The van der Waals surface area contributed by atoms with E-state index < -0.39 is 12.1 Å². The highest BCUT2D eigenvalue weighted by molar-refractivity contribution is 5.69. The first-order chi connectivity index (χ1) is 17.4. The number of aliphatic hydroxyl groups excluding tert-OH is 2. The lowest BCUT2D eigenvalue weighted by molar-refractivity contribution is -0.131. The summed E-state index contributed by atoms with van der Waals surface area (Å²) in [7, 11) is 0. The molecule has 0 bridgehead atoms.